The van der Waals surface area contributed by atoms with E-state index in [0.29, 0.717) is 0 Å². The highest BCUT2D eigenvalue weighted by Gasteiger charge is 2.29. The van der Waals surface area contributed by atoms with Gasteiger partial charge in [-0.25, -0.2) is 0 Å². The molecule has 2 aromatic carbocycles. The molecule has 0 saturated heterocycles. The van der Waals surface area contributed by atoms with Gasteiger partial charge in [0.25, 0.3) is 0 Å². The Kier molecular flexibility index (Phi) is 2.42. The minimum atomic E-state index is -0.505. The second-order valence-electron chi connectivity index (χ2n) is 5.13. The second kappa shape index (κ2) is 3.85. The third-order valence-corrected chi connectivity index (χ3v) is 3.60. The minimum Gasteiger partial charge on any atom is -0.384 e. The van der Waals surface area contributed by atoms with Crippen LogP contribution in [0.5, 0.6) is 0 Å². The summed E-state index contributed by atoms with van der Waals surface area (Å²) in [5, 5.41) is 10.5. The van der Waals surface area contributed by atoms with Crippen LogP contribution in [-0.4, -0.2) is 19.2 Å². The van der Waals surface area contributed by atoms with Crippen LogP contribution in [0.25, 0.3) is 11.1 Å². The van der Waals surface area contributed by atoms with E-state index < -0.39 is 6.10 Å². The fourth-order valence-corrected chi connectivity index (χ4v) is 2.79. The van der Waals surface area contributed by atoms with E-state index in [4.69, 9.17) is 0 Å². The molecule has 0 aliphatic heterocycles. The van der Waals surface area contributed by atoms with Crippen molar-refractivity contribution in [3.05, 3.63) is 53.1 Å². The number of aliphatic hydroxyl groups excluding tert-OH is 1. The molecule has 1 N–H and O–H groups in total. The molecule has 1 atom stereocenters. The SMILES string of the molecule is Cc1cc2c(c(N(C)C)c1)C(O)c1ccccc1-2. The molecule has 3 rings (SSSR count). The Morgan fingerprint density at radius 2 is 1.78 bits per heavy atom. The van der Waals surface area contributed by atoms with Gasteiger partial charge >= 0.3 is 0 Å². The lowest BCUT2D eigenvalue weighted by Crippen LogP contribution is -2.12. The van der Waals surface area contributed by atoms with E-state index in [1.165, 1.54) is 11.1 Å². The van der Waals surface area contributed by atoms with Gasteiger partial charge in [0.15, 0.2) is 0 Å². The molecular formula is C16H17NO. The lowest BCUT2D eigenvalue weighted by Gasteiger charge is -2.20. The van der Waals surface area contributed by atoms with Crippen molar-refractivity contribution >= 4 is 5.69 Å². The van der Waals surface area contributed by atoms with Crippen molar-refractivity contribution < 1.29 is 5.11 Å². The molecule has 0 spiro atoms. The summed E-state index contributed by atoms with van der Waals surface area (Å²) >= 11 is 0. The van der Waals surface area contributed by atoms with Crippen molar-refractivity contribution in [3.63, 3.8) is 0 Å². The predicted octanol–water partition coefficient (Wildman–Crippen LogP) is 3.12. The topological polar surface area (TPSA) is 23.5 Å². The quantitative estimate of drug-likeness (QED) is 0.826. The highest BCUT2D eigenvalue weighted by molar-refractivity contribution is 5.84. The van der Waals surface area contributed by atoms with Crippen molar-refractivity contribution in [2.75, 3.05) is 19.0 Å². The summed E-state index contributed by atoms with van der Waals surface area (Å²) in [6.45, 7) is 2.10. The summed E-state index contributed by atoms with van der Waals surface area (Å²) in [7, 11) is 4.04. The zero-order valence-electron chi connectivity index (χ0n) is 10.9. The van der Waals surface area contributed by atoms with Gasteiger partial charge in [-0.2, -0.15) is 0 Å². The number of anilines is 1. The first-order valence-electron chi connectivity index (χ1n) is 6.19. The van der Waals surface area contributed by atoms with Gasteiger partial charge in [-0.15, -0.1) is 0 Å². The molecule has 2 nitrogen and oxygen atoms in total. The van der Waals surface area contributed by atoms with Crippen molar-refractivity contribution in [2.24, 2.45) is 0 Å². The minimum absolute atomic E-state index is 0.505. The first-order valence-corrected chi connectivity index (χ1v) is 6.19. The van der Waals surface area contributed by atoms with Crippen LogP contribution in [0.4, 0.5) is 5.69 Å². The standard InChI is InChI=1S/C16H17NO/c1-10-8-13-11-6-4-5-7-12(11)16(18)15(13)14(9-10)17(2)3/h4-9,16,18H,1-3H3. The molecule has 0 saturated carbocycles. The first kappa shape index (κ1) is 11.3. The average molecular weight is 239 g/mol. The summed E-state index contributed by atoms with van der Waals surface area (Å²) < 4.78 is 0. The van der Waals surface area contributed by atoms with Gasteiger partial charge in [0.1, 0.15) is 6.10 Å². The fraction of sp³-hybridized carbons (Fsp3) is 0.250. The smallest absolute Gasteiger partial charge is 0.107 e. The lowest BCUT2D eigenvalue weighted by molar-refractivity contribution is 0.225. The number of aliphatic hydroxyl groups is 1. The molecule has 0 heterocycles. The molecule has 0 amide bonds. The summed E-state index contributed by atoms with van der Waals surface area (Å²) in [5.74, 6) is 0. The van der Waals surface area contributed by atoms with Crippen LogP contribution in [0, 0.1) is 6.92 Å². The van der Waals surface area contributed by atoms with Gasteiger partial charge in [-0.05, 0) is 35.2 Å². The number of hydrogen-bond acceptors (Lipinski definition) is 2. The zero-order valence-corrected chi connectivity index (χ0v) is 10.9. The van der Waals surface area contributed by atoms with Gasteiger partial charge in [-0.1, -0.05) is 30.3 Å². The lowest BCUT2D eigenvalue weighted by atomic mass is 10.0. The summed E-state index contributed by atoms with van der Waals surface area (Å²) in [4.78, 5) is 2.07. The fourth-order valence-electron chi connectivity index (χ4n) is 2.79. The molecule has 92 valence electrons. The van der Waals surface area contributed by atoms with Gasteiger partial charge < -0.3 is 10.0 Å². The number of benzene rings is 2. The molecule has 0 bridgehead atoms. The highest BCUT2D eigenvalue weighted by atomic mass is 16.3. The van der Waals surface area contributed by atoms with Crippen LogP contribution < -0.4 is 4.90 Å². The average Bonchev–Trinajstić information content (AvgIpc) is 2.63. The van der Waals surface area contributed by atoms with Gasteiger partial charge in [-0.3, -0.25) is 0 Å². The Morgan fingerprint density at radius 3 is 2.50 bits per heavy atom. The van der Waals surface area contributed by atoms with Crippen molar-refractivity contribution in [1.82, 2.24) is 0 Å². The van der Waals surface area contributed by atoms with E-state index in [9.17, 15) is 5.11 Å². The number of fused-ring (bicyclic) bond motifs is 3. The summed E-state index contributed by atoms with van der Waals surface area (Å²) in [6, 6.07) is 12.4. The Balaban J connectivity index is 2.34. The Hall–Kier alpha value is -1.80. The Bertz CT molecular complexity index is 616. The normalized spacial score (nSPS) is 16.3. The molecular weight excluding hydrogens is 222 g/mol. The monoisotopic (exact) mass is 239 g/mol. The summed E-state index contributed by atoms with van der Waals surface area (Å²) in [5.41, 5.74) is 6.71. The number of rotatable bonds is 1. The van der Waals surface area contributed by atoms with Gasteiger partial charge in [0.2, 0.25) is 0 Å². The third-order valence-electron chi connectivity index (χ3n) is 3.60. The Morgan fingerprint density at radius 1 is 1.06 bits per heavy atom. The predicted molar refractivity (Wildman–Crippen MR) is 75.0 cm³/mol. The maximum Gasteiger partial charge on any atom is 0.107 e. The molecule has 2 heteroatoms. The largest absolute Gasteiger partial charge is 0.384 e. The van der Waals surface area contributed by atoms with E-state index in [2.05, 4.69) is 30.0 Å². The molecule has 0 fully saturated rings. The van der Waals surface area contributed by atoms with Gasteiger partial charge in [0, 0.05) is 25.3 Å². The van der Waals surface area contributed by atoms with Crippen LogP contribution in [0.15, 0.2) is 36.4 Å². The van der Waals surface area contributed by atoms with Crippen LogP contribution >= 0.6 is 0 Å². The van der Waals surface area contributed by atoms with E-state index in [1.807, 2.05) is 32.3 Å². The van der Waals surface area contributed by atoms with Crippen LogP contribution in [-0.2, 0) is 0 Å². The molecule has 18 heavy (non-hydrogen) atoms. The third kappa shape index (κ3) is 1.46. The summed E-state index contributed by atoms with van der Waals surface area (Å²) in [6.07, 6.45) is -0.505. The van der Waals surface area contributed by atoms with Crippen molar-refractivity contribution in [3.8, 4) is 11.1 Å². The molecule has 1 unspecified atom stereocenters. The highest BCUT2D eigenvalue weighted by Crippen LogP contribution is 2.47. The van der Waals surface area contributed by atoms with E-state index in [0.717, 1.165) is 22.4 Å². The molecule has 1 aliphatic carbocycles. The van der Waals surface area contributed by atoms with Crippen LogP contribution in [0.1, 0.15) is 22.8 Å². The number of nitrogens with zero attached hydrogens (tertiary/aromatic N) is 1. The van der Waals surface area contributed by atoms with E-state index in [1.54, 1.807) is 0 Å². The molecule has 2 aromatic rings. The van der Waals surface area contributed by atoms with Gasteiger partial charge in [0.05, 0.1) is 0 Å². The van der Waals surface area contributed by atoms with Crippen molar-refractivity contribution in [1.29, 1.82) is 0 Å². The zero-order chi connectivity index (χ0) is 12.9. The Labute approximate surface area is 107 Å². The molecule has 0 radical (unpaired) electrons. The molecule has 0 aromatic heterocycles. The van der Waals surface area contributed by atoms with E-state index >= 15 is 0 Å². The number of hydrogen-bond donors (Lipinski definition) is 1. The maximum atomic E-state index is 10.5. The maximum absolute atomic E-state index is 10.5. The number of aryl methyl sites for hydroxylation is 1. The van der Waals surface area contributed by atoms with E-state index in [-0.39, 0.29) is 0 Å². The first-order chi connectivity index (χ1) is 8.59. The molecule has 1 aliphatic rings. The second-order valence-corrected chi connectivity index (χ2v) is 5.13. The van der Waals surface area contributed by atoms with Crippen LogP contribution in [0.2, 0.25) is 0 Å². The van der Waals surface area contributed by atoms with Crippen molar-refractivity contribution in [2.45, 2.75) is 13.0 Å². The van der Waals surface area contributed by atoms with Crippen LogP contribution in [0.3, 0.4) is 0 Å².